The lowest BCUT2D eigenvalue weighted by Crippen LogP contribution is -2.29. The van der Waals surface area contributed by atoms with Crippen LogP contribution in [-0.2, 0) is 13.0 Å². The number of carbonyl (C=O) groups is 3. The SMILES string of the molecule is CCc1ccc(Oc2coc3cc(OC(=O)c4ccc5c(c4)C(=O)N(Cc4ccc(OC)cc4)C5=O)ccc3c2=O)cc1. The predicted octanol–water partition coefficient (Wildman–Crippen LogP) is 6.17. The number of fused-ring (bicyclic) bond motifs is 2. The molecule has 2 amide bonds. The van der Waals surface area contributed by atoms with Crippen molar-refractivity contribution in [3.8, 4) is 23.0 Å². The summed E-state index contributed by atoms with van der Waals surface area (Å²) in [4.78, 5) is 53.1. The summed E-state index contributed by atoms with van der Waals surface area (Å²) in [6, 6.07) is 23.1. The van der Waals surface area contributed by atoms with E-state index >= 15 is 0 Å². The van der Waals surface area contributed by atoms with Crippen LogP contribution in [0.25, 0.3) is 11.0 Å². The molecular formula is C34H25NO8. The van der Waals surface area contributed by atoms with Gasteiger partial charge in [-0.3, -0.25) is 19.3 Å². The number of methoxy groups -OCH3 is 1. The molecule has 0 spiro atoms. The summed E-state index contributed by atoms with van der Waals surface area (Å²) in [5.41, 5.74) is 2.14. The minimum Gasteiger partial charge on any atom is -0.497 e. The lowest BCUT2D eigenvalue weighted by atomic mass is 10.1. The molecule has 6 rings (SSSR count). The summed E-state index contributed by atoms with van der Waals surface area (Å²) in [5.74, 6) is -0.357. The highest BCUT2D eigenvalue weighted by Gasteiger charge is 2.36. The molecule has 4 aromatic carbocycles. The van der Waals surface area contributed by atoms with Crippen LogP contribution >= 0.6 is 0 Å². The van der Waals surface area contributed by atoms with Gasteiger partial charge in [0.1, 0.15) is 29.1 Å². The van der Waals surface area contributed by atoms with E-state index in [2.05, 4.69) is 0 Å². The van der Waals surface area contributed by atoms with E-state index in [0.717, 1.165) is 22.4 Å². The Morgan fingerprint density at radius 1 is 0.767 bits per heavy atom. The van der Waals surface area contributed by atoms with Crippen LogP contribution in [0.5, 0.6) is 23.0 Å². The summed E-state index contributed by atoms with van der Waals surface area (Å²) in [5, 5.41) is 0.251. The monoisotopic (exact) mass is 575 g/mol. The number of nitrogens with zero attached hydrogens (tertiary/aromatic N) is 1. The molecule has 0 atom stereocenters. The van der Waals surface area contributed by atoms with Crippen LogP contribution in [0.1, 0.15) is 49.1 Å². The van der Waals surface area contributed by atoms with E-state index in [1.807, 2.05) is 19.1 Å². The van der Waals surface area contributed by atoms with E-state index < -0.39 is 17.8 Å². The Hall–Kier alpha value is -5.70. The predicted molar refractivity (Wildman–Crippen MR) is 157 cm³/mol. The van der Waals surface area contributed by atoms with Crippen LogP contribution in [0, 0.1) is 0 Å². The minimum absolute atomic E-state index is 0.0277. The highest BCUT2D eigenvalue weighted by atomic mass is 16.5. The quantitative estimate of drug-likeness (QED) is 0.123. The Labute approximate surface area is 245 Å². The molecule has 0 bridgehead atoms. The van der Waals surface area contributed by atoms with Crippen molar-refractivity contribution >= 4 is 28.8 Å². The van der Waals surface area contributed by atoms with Gasteiger partial charge < -0.3 is 18.6 Å². The number of rotatable bonds is 8. The van der Waals surface area contributed by atoms with Crippen molar-refractivity contribution in [2.24, 2.45) is 0 Å². The van der Waals surface area contributed by atoms with Crippen molar-refractivity contribution in [1.82, 2.24) is 4.90 Å². The third kappa shape index (κ3) is 5.36. The van der Waals surface area contributed by atoms with Gasteiger partial charge in [0.05, 0.1) is 35.7 Å². The van der Waals surface area contributed by atoms with Crippen LogP contribution in [0.2, 0.25) is 0 Å². The molecule has 9 nitrogen and oxygen atoms in total. The number of imide groups is 1. The number of aryl methyl sites for hydroxylation is 1. The third-order valence-electron chi connectivity index (χ3n) is 7.19. The Morgan fingerprint density at radius 3 is 2.16 bits per heavy atom. The number of carbonyl (C=O) groups excluding carboxylic acids is 3. The average Bonchev–Trinajstić information content (AvgIpc) is 3.27. The normalized spacial score (nSPS) is 12.4. The fraction of sp³-hybridized carbons (Fsp3) is 0.118. The van der Waals surface area contributed by atoms with E-state index in [1.165, 1.54) is 42.7 Å². The van der Waals surface area contributed by atoms with Gasteiger partial charge in [0.2, 0.25) is 11.2 Å². The molecule has 0 aliphatic carbocycles. The molecule has 0 unspecified atom stereocenters. The highest BCUT2D eigenvalue weighted by Crippen LogP contribution is 2.28. The zero-order valence-electron chi connectivity index (χ0n) is 23.3. The number of hydrogen-bond donors (Lipinski definition) is 0. The Bertz CT molecular complexity index is 1940. The first kappa shape index (κ1) is 27.5. The average molecular weight is 576 g/mol. The maximum atomic E-state index is 13.1. The summed E-state index contributed by atoms with van der Waals surface area (Å²) in [6.07, 6.45) is 2.10. The molecule has 1 aromatic heterocycles. The molecule has 9 heteroatoms. The van der Waals surface area contributed by atoms with Crippen LogP contribution in [0.3, 0.4) is 0 Å². The number of amides is 2. The van der Waals surface area contributed by atoms with Crippen LogP contribution < -0.4 is 19.6 Å². The first-order valence-corrected chi connectivity index (χ1v) is 13.5. The number of benzene rings is 4. The molecule has 0 saturated carbocycles. The summed E-state index contributed by atoms with van der Waals surface area (Å²) in [7, 11) is 1.55. The van der Waals surface area contributed by atoms with Gasteiger partial charge in [0.25, 0.3) is 11.8 Å². The van der Waals surface area contributed by atoms with Crippen molar-refractivity contribution in [3.05, 3.63) is 129 Å². The van der Waals surface area contributed by atoms with Crippen LogP contribution in [0.15, 0.2) is 100 Å². The van der Waals surface area contributed by atoms with Gasteiger partial charge in [0, 0.05) is 6.07 Å². The maximum absolute atomic E-state index is 13.1. The first-order valence-electron chi connectivity index (χ1n) is 13.5. The first-order chi connectivity index (χ1) is 20.8. The molecule has 1 aliphatic rings. The molecule has 0 N–H and O–H groups in total. The van der Waals surface area contributed by atoms with Crippen molar-refractivity contribution in [2.75, 3.05) is 7.11 Å². The maximum Gasteiger partial charge on any atom is 0.343 e. The van der Waals surface area contributed by atoms with Gasteiger partial charge >= 0.3 is 5.97 Å². The van der Waals surface area contributed by atoms with E-state index in [0.29, 0.717) is 11.5 Å². The molecule has 2 heterocycles. The number of hydrogen-bond acceptors (Lipinski definition) is 8. The molecule has 1 aliphatic heterocycles. The van der Waals surface area contributed by atoms with Crippen LogP contribution in [-0.4, -0.2) is 29.8 Å². The van der Waals surface area contributed by atoms with Gasteiger partial charge in [-0.15, -0.1) is 0 Å². The number of esters is 1. The molecule has 0 saturated heterocycles. The standard InChI is InChI=1S/C34H25NO8/c1-3-20-4-11-24(12-5-20)42-30-19-41-29-17-25(13-15-27(29)31(30)36)43-34(39)22-8-14-26-28(16-22)33(38)35(32(26)37)18-21-6-9-23(40-2)10-7-21/h4-17,19H,3,18H2,1-2H3. The molecule has 0 fully saturated rings. The zero-order chi connectivity index (χ0) is 30.1. The van der Waals surface area contributed by atoms with Crippen molar-refractivity contribution < 1.29 is 33.0 Å². The van der Waals surface area contributed by atoms with Crippen LogP contribution in [0.4, 0.5) is 0 Å². The smallest absolute Gasteiger partial charge is 0.343 e. The second-order valence-corrected chi connectivity index (χ2v) is 9.88. The largest absolute Gasteiger partial charge is 0.497 e. The van der Waals surface area contributed by atoms with Gasteiger partial charge in [0.15, 0.2) is 0 Å². The number of ether oxygens (including phenoxy) is 3. The van der Waals surface area contributed by atoms with E-state index in [-0.39, 0.29) is 51.1 Å². The second-order valence-electron chi connectivity index (χ2n) is 9.88. The third-order valence-corrected chi connectivity index (χ3v) is 7.19. The lowest BCUT2D eigenvalue weighted by molar-refractivity contribution is 0.0641. The second kappa shape index (κ2) is 11.3. The Morgan fingerprint density at radius 2 is 1.44 bits per heavy atom. The Kier molecular flexibility index (Phi) is 7.21. The molecule has 43 heavy (non-hydrogen) atoms. The lowest BCUT2D eigenvalue weighted by Gasteiger charge is -2.14. The summed E-state index contributed by atoms with van der Waals surface area (Å²) >= 11 is 0. The van der Waals surface area contributed by atoms with E-state index in [4.69, 9.17) is 18.6 Å². The van der Waals surface area contributed by atoms with Gasteiger partial charge in [-0.25, -0.2) is 4.79 Å². The molecule has 0 radical (unpaired) electrons. The van der Waals surface area contributed by atoms with Gasteiger partial charge in [-0.1, -0.05) is 31.2 Å². The fourth-order valence-electron chi connectivity index (χ4n) is 4.79. The zero-order valence-corrected chi connectivity index (χ0v) is 23.3. The van der Waals surface area contributed by atoms with E-state index in [9.17, 15) is 19.2 Å². The van der Waals surface area contributed by atoms with Gasteiger partial charge in [-0.2, -0.15) is 0 Å². The van der Waals surface area contributed by atoms with Crippen molar-refractivity contribution in [1.29, 1.82) is 0 Å². The molecule has 214 valence electrons. The Balaban J connectivity index is 1.17. The topological polar surface area (TPSA) is 112 Å². The minimum atomic E-state index is -0.742. The van der Waals surface area contributed by atoms with E-state index in [1.54, 1.807) is 43.5 Å². The summed E-state index contributed by atoms with van der Waals surface area (Å²) in [6.45, 7) is 2.13. The fourth-order valence-corrected chi connectivity index (χ4v) is 4.79. The van der Waals surface area contributed by atoms with Crippen molar-refractivity contribution in [2.45, 2.75) is 19.9 Å². The van der Waals surface area contributed by atoms with Gasteiger partial charge in [-0.05, 0) is 72.1 Å². The highest BCUT2D eigenvalue weighted by molar-refractivity contribution is 6.21. The molecular weight excluding hydrogens is 550 g/mol. The molecule has 5 aromatic rings. The van der Waals surface area contributed by atoms with Crippen molar-refractivity contribution in [3.63, 3.8) is 0 Å². The summed E-state index contributed by atoms with van der Waals surface area (Å²) < 4.78 is 22.0.